The van der Waals surface area contributed by atoms with Gasteiger partial charge in [-0.2, -0.15) is 0 Å². The van der Waals surface area contributed by atoms with Crippen LogP contribution in [0.15, 0.2) is 18.2 Å². The van der Waals surface area contributed by atoms with E-state index in [4.69, 9.17) is 14.0 Å². The molecule has 0 radical (unpaired) electrons. The topological polar surface area (TPSA) is 39.7 Å². The fourth-order valence-corrected chi connectivity index (χ4v) is 2.20. The minimum absolute atomic E-state index is 0.0859. The summed E-state index contributed by atoms with van der Waals surface area (Å²) in [4.78, 5) is 0. The molecule has 1 N–H and O–H groups in total. The van der Waals surface area contributed by atoms with Crippen molar-refractivity contribution in [2.75, 3.05) is 18.5 Å². The number of ether oxygens (including phenoxy) is 1. The van der Waals surface area contributed by atoms with Crippen LogP contribution in [0, 0.1) is 0 Å². The highest BCUT2D eigenvalue weighted by molar-refractivity contribution is 6.62. The van der Waals surface area contributed by atoms with E-state index in [0.717, 1.165) is 23.4 Å². The molecule has 1 aromatic rings. The molecule has 5 heteroatoms. The molecule has 1 atom stereocenters. The number of hydrogen-bond acceptors (Lipinski definition) is 4. The lowest BCUT2D eigenvalue weighted by molar-refractivity contribution is 0.0842. The van der Waals surface area contributed by atoms with E-state index in [0.29, 0.717) is 6.61 Å². The lowest BCUT2D eigenvalue weighted by Gasteiger charge is -2.21. The molecule has 1 saturated heterocycles. The zero-order chi connectivity index (χ0) is 12.8. The standard InChI is InChI=1S/C13H18BNO3/c1-9-13(2,3)18-14(17-9)10-4-5-12-11(8-10)15-6-7-16-12/h4-5,8-9,15H,6-7H2,1-3H3. The van der Waals surface area contributed by atoms with E-state index in [9.17, 15) is 0 Å². The van der Waals surface area contributed by atoms with Crippen LogP contribution in [0.5, 0.6) is 5.75 Å². The van der Waals surface area contributed by atoms with Crippen LogP contribution in [-0.4, -0.2) is 32.0 Å². The maximum Gasteiger partial charge on any atom is 0.494 e. The molecule has 0 bridgehead atoms. The number of rotatable bonds is 1. The molecule has 18 heavy (non-hydrogen) atoms. The van der Waals surface area contributed by atoms with Gasteiger partial charge < -0.3 is 19.4 Å². The Morgan fingerprint density at radius 3 is 2.94 bits per heavy atom. The van der Waals surface area contributed by atoms with Crippen LogP contribution in [-0.2, 0) is 9.31 Å². The summed E-state index contributed by atoms with van der Waals surface area (Å²) in [6.07, 6.45) is 0.0859. The second-order valence-electron chi connectivity index (χ2n) is 5.36. The minimum atomic E-state index is -0.288. The van der Waals surface area contributed by atoms with Crippen molar-refractivity contribution in [3.63, 3.8) is 0 Å². The molecule has 96 valence electrons. The van der Waals surface area contributed by atoms with Gasteiger partial charge in [-0.25, -0.2) is 0 Å². The Balaban J connectivity index is 1.85. The summed E-state index contributed by atoms with van der Waals surface area (Å²) in [5.74, 6) is 0.898. The zero-order valence-corrected chi connectivity index (χ0v) is 11.0. The first-order valence-electron chi connectivity index (χ1n) is 6.40. The normalized spacial score (nSPS) is 25.3. The summed E-state index contributed by atoms with van der Waals surface area (Å²) >= 11 is 0. The zero-order valence-electron chi connectivity index (χ0n) is 11.0. The van der Waals surface area contributed by atoms with Gasteiger partial charge in [-0.05, 0) is 38.4 Å². The number of hydrogen-bond donors (Lipinski definition) is 1. The van der Waals surface area contributed by atoms with Crippen LogP contribution < -0.4 is 15.5 Å². The van der Waals surface area contributed by atoms with Gasteiger partial charge in [0.2, 0.25) is 0 Å². The Bertz CT molecular complexity index is 464. The molecular formula is C13H18BNO3. The Hall–Kier alpha value is -1.20. The van der Waals surface area contributed by atoms with Crippen LogP contribution in [0.4, 0.5) is 5.69 Å². The van der Waals surface area contributed by atoms with Gasteiger partial charge >= 0.3 is 7.12 Å². The Kier molecular flexibility index (Phi) is 2.75. The lowest BCUT2D eigenvalue weighted by atomic mass is 9.79. The van der Waals surface area contributed by atoms with Crippen molar-refractivity contribution in [2.45, 2.75) is 32.5 Å². The number of fused-ring (bicyclic) bond motifs is 1. The molecule has 0 saturated carbocycles. The third-order valence-electron chi connectivity index (χ3n) is 3.67. The van der Waals surface area contributed by atoms with E-state index in [2.05, 4.69) is 19.2 Å². The molecule has 1 unspecified atom stereocenters. The molecular weight excluding hydrogens is 229 g/mol. The second-order valence-corrected chi connectivity index (χ2v) is 5.36. The maximum atomic E-state index is 5.95. The van der Waals surface area contributed by atoms with Crippen molar-refractivity contribution in [3.05, 3.63) is 18.2 Å². The fraction of sp³-hybridized carbons (Fsp3) is 0.538. The number of benzene rings is 1. The van der Waals surface area contributed by atoms with Crippen molar-refractivity contribution in [3.8, 4) is 5.75 Å². The van der Waals surface area contributed by atoms with Gasteiger partial charge in [-0.3, -0.25) is 0 Å². The molecule has 2 heterocycles. The summed E-state index contributed by atoms with van der Waals surface area (Å²) in [7, 11) is -0.288. The van der Waals surface area contributed by atoms with Crippen LogP contribution >= 0.6 is 0 Å². The van der Waals surface area contributed by atoms with Crippen molar-refractivity contribution < 1.29 is 14.0 Å². The van der Waals surface area contributed by atoms with Crippen LogP contribution in [0.2, 0.25) is 0 Å². The van der Waals surface area contributed by atoms with Crippen LogP contribution in [0.1, 0.15) is 20.8 Å². The first-order valence-corrected chi connectivity index (χ1v) is 6.40. The van der Waals surface area contributed by atoms with Gasteiger partial charge in [0.1, 0.15) is 12.4 Å². The first kappa shape index (κ1) is 11.9. The Morgan fingerprint density at radius 2 is 2.22 bits per heavy atom. The van der Waals surface area contributed by atoms with E-state index in [1.807, 2.05) is 25.1 Å². The molecule has 2 aliphatic rings. The summed E-state index contributed by atoms with van der Waals surface area (Å²) in [6, 6.07) is 6.03. The summed E-state index contributed by atoms with van der Waals surface area (Å²) in [5.41, 5.74) is 1.80. The average molecular weight is 247 g/mol. The molecule has 1 fully saturated rings. The minimum Gasteiger partial charge on any atom is -0.490 e. The highest BCUT2D eigenvalue weighted by atomic mass is 16.7. The van der Waals surface area contributed by atoms with Gasteiger partial charge in [0.15, 0.2) is 0 Å². The van der Waals surface area contributed by atoms with Crippen molar-refractivity contribution >= 4 is 18.3 Å². The molecule has 0 spiro atoms. The maximum absolute atomic E-state index is 5.95. The van der Waals surface area contributed by atoms with E-state index < -0.39 is 0 Å². The fourth-order valence-electron chi connectivity index (χ4n) is 2.20. The van der Waals surface area contributed by atoms with Gasteiger partial charge in [-0.15, -0.1) is 0 Å². The third kappa shape index (κ3) is 1.97. The molecule has 0 aromatic heterocycles. The SMILES string of the molecule is CC1OB(c2ccc3c(c2)NCCO3)OC1(C)C. The van der Waals surface area contributed by atoms with E-state index in [1.165, 1.54) is 0 Å². The summed E-state index contributed by atoms with van der Waals surface area (Å²) in [5, 5.41) is 3.32. The smallest absolute Gasteiger partial charge is 0.490 e. The van der Waals surface area contributed by atoms with Crippen molar-refractivity contribution in [1.82, 2.24) is 0 Å². The largest absolute Gasteiger partial charge is 0.494 e. The molecule has 4 nitrogen and oxygen atoms in total. The monoisotopic (exact) mass is 247 g/mol. The van der Waals surface area contributed by atoms with Gasteiger partial charge in [-0.1, -0.05) is 6.07 Å². The predicted octanol–water partition coefficient (Wildman–Crippen LogP) is 1.40. The van der Waals surface area contributed by atoms with Crippen LogP contribution in [0.25, 0.3) is 0 Å². The lowest BCUT2D eigenvalue weighted by Crippen LogP contribution is -2.35. The number of anilines is 1. The molecule has 1 aromatic carbocycles. The summed E-state index contributed by atoms with van der Waals surface area (Å²) in [6.45, 7) is 7.70. The molecule has 0 aliphatic carbocycles. The van der Waals surface area contributed by atoms with Crippen molar-refractivity contribution in [2.24, 2.45) is 0 Å². The highest BCUT2D eigenvalue weighted by Gasteiger charge is 2.44. The van der Waals surface area contributed by atoms with Crippen molar-refractivity contribution in [1.29, 1.82) is 0 Å². The quantitative estimate of drug-likeness (QED) is 0.761. The van der Waals surface area contributed by atoms with Gasteiger partial charge in [0.25, 0.3) is 0 Å². The second kappa shape index (κ2) is 4.18. The molecule has 2 aliphatic heterocycles. The third-order valence-corrected chi connectivity index (χ3v) is 3.67. The first-order chi connectivity index (χ1) is 8.56. The van der Waals surface area contributed by atoms with Crippen LogP contribution in [0.3, 0.4) is 0 Å². The molecule has 3 rings (SSSR count). The Labute approximate surface area is 108 Å². The molecule has 0 amide bonds. The predicted molar refractivity (Wildman–Crippen MR) is 71.5 cm³/mol. The Morgan fingerprint density at radius 1 is 1.39 bits per heavy atom. The van der Waals surface area contributed by atoms with E-state index in [-0.39, 0.29) is 18.8 Å². The highest BCUT2D eigenvalue weighted by Crippen LogP contribution is 2.29. The van der Waals surface area contributed by atoms with Gasteiger partial charge in [0, 0.05) is 6.54 Å². The summed E-state index contributed by atoms with van der Waals surface area (Å²) < 4.78 is 17.4. The van der Waals surface area contributed by atoms with Gasteiger partial charge in [0.05, 0.1) is 17.4 Å². The van der Waals surface area contributed by atoms with E-state index in [1.54, 1.807) is 0 Å². The number of nitrogens with one attached hydrogen (secondary N) is 1. The van der Waals surface area contributed by atoms with E-state index >= 15 is 0 Å². The average Bonchev–Trinajstić information content (AvgIpc) is 2.63.